The molecule has 2 heterocycles. The summed E-state index contributed by atoms with van der Waals surface area (Å²) in [6.45, 7) is 1.09. The second-order valence-electron chi connectivity index (χ2n) is 9.34. The number of benzene rings is 1. The van der Waals surface area contributed by atoms with Crippen LogP contribution in [0, 0.1) is 0 Å². The fourth-order valence-electron chi connectivity index (χ4n) is 5.64. The van der Waals surface area contributed by atoms with E-state index in [4.69, 9.17) is 0 Å². The maximum absolute atomic E-state index is 14.2. The van der Waals surface area contributed by atoms with Gasteiger partial charge in [-0.3, -0.25) is 14.6 Å². The van der Waals surface area contributed by atoms with Gasteiger partial charge in [-0.15, -0.1) is 0 Å². The van der Waals surface area contributed by atoms with Crippen LogP contribution in [0.3, 0.4) is 0 Å². The molecule has 0 bridgehead atoms. The molecule has 1 atom stereocenters. The van der Waals surface area contributed by atoms with Gasteiger partial charge in [0.25, 0.3) is 0 Å². The van der Waals surface area contributed by atoms with Gasteiger partial charge in [0, 0.05) is 33.4 Å². The Morgan fingerprint density at radius 1 is 0.871 bits per heavy atom. The molecular weight excluding hydrogens is 386 g/mol. The van der Waals surface area contributed by atoms with E-state index in [1.165, 1.54) is 6.42 Å². The lowest BCUT2D eigenvalue weighted by Crippen LogP contribution is -2.59. The van der Waals surface area contributed by atoms with Crippen molar-refractivity contribution < 1.29 is 9.59 Å². The van der Waals surface area contributed by atoms with Crippen molar-refractivity contribution in [2.45, 2.75) is 55.8 Å². The van der Waals surface area contributed by atoms with E-state index in [-0.39, 0.29) is 11.8 Å². The molecule has 1 aliphatic carbocycles. The van der Waals surface area contributed by atoms with Crippen LogP contribution in [0.4, 0.5) is 0 Å². The third kappa shape index (κ3) is 3.86. The second kappa shape index (κ2) is 8.81. The van der Waals surface area contributed by atoms with Crippen LogP contribution in [0.25, 0.3) is 0 Å². The molecule has 164 valence electrons. The van der Waals surface area contributed by atoms with Gasteiger partial charge in [0.2, 0.25) is 11.8 Å². The maximum atomic E-state index is 14.2. The van der Waals surface area contributed by atoms with Gasteiger partial charge in [-0.05, 0) is 43.4 Å². The Morgan fingerprint density at radius 2 is 1.55 bits per heavy atom. The number of hydrogen-bond acceptors (Lipinski definition) is 3. The monoisotopic (exact) mass is 419 g/mol. The fourth-order valence-corrected chi connectivity index (χ4v) is 5.64. The minimum absolute atomic E-state index is 0.0288. The highest BCUT2D eigenvalue weighted by atomic mass is 16.2. The third-order valence-electron chi connectivity index (χ3n) is 7.19. The average Bonchev–Trinajstić information content (AvgIpc) is 2.84. The SMILES string of the molecule is CN(C)C(=O)[C@@]1(c2ccccn2)CCCN(C(=O)C2(c3ccccc3)CCCCC2)C1. The Balaban J connectivity index is 1.72. The van der Waals surface area contributed by atoms with Crippen LogP contribution in [0.5, 0.6) is 0 Å². The number of hydrogen-bond donors (Lipinski definition) is 0. The number of likely N-dealkylation sites (tertiary alicyclic amines) is 1. The number of nitrogens with zero attached hydrogens (tertiary/aromatic N) is 3. The lowest BCUT2D eigenvalue weighted by atomic mass is 9.67. The zero-order chi connectivity index (χ0) is 21.9. The number of carbonyl (C=O) groups is 2. The molecule has 1 aromatic heterocycles. The van der Waals surface area contributed by atoms with Gasteiger partial charge in [-0.2, -0.15) is 0 Å². The number of aromatic nitrogens is 1. The number of amides is 2. The molecule has 0 radical (unpaired) electrons. The summed E-state index contributed by atoms with van der Waals surface area (Å²) in [5.41, 5.74) is 0.621. The zero-order valence-electron chi connectivity index (χ0n) is 18.7. The Hall–Kier alpha value is -2.69. The van der Waals surface area contributed by atoms with Crippen LogP contribution in [0.15, 0.2) is 54.7 Å². The van der Waals surface area contributed by atoms with E-state index in [0.717, 1.165) is 43.4 Å². The van der Waals surface area contributed by atoms with E-state index < -0.39 is 10.8 Å². The highest BCUT2D eigenvalue weighted by Gasteiger charge is 2.50. The molecule has 2 aliphatic rings. The van der Waals surface area contributed by atoms with Gasteiger partial charge in [-0.1, -0.05) is 55.7 Å². The van der Waals surface area contributed by atoms with E-state index in [1.807, 2.05) is 41.3 Å². The molecule has 1 saturated carbocycles. The Bertz CT molecular complexity index is 907. The van der Waals surface area contributed by atoms with Gasteiger partial charge in [0.05, 0.1) is 11.1 Å². The van der Waals surface area contributed by atoms with Crippen LogP contribution < -0.4 is 0 Å². The standard InChI is InChI=1S/C26H33N3O2/c1-28(2)23(30)26(22-14-7-10-18-27-22)17-11-19-29(20-26)24(31)25(15-8-4-9-16-25)21-12-5-3-6-13-21/h3,5-7,10,12-14,18H,4,8-9,11,15-17,19-20H2,1-2H3/t26-/m0/s1. The van der Waals surface area contributed by atoms with Crippen molar-refractivity contribution in [1.82, 2.24) is 14.8 Å². The molecule has 0 spiro atoms. The molecule has 1 aliphatic heterocycles. The molecule has 4 rings (SSSR count). The first-order chi connectivity index (χ1) is 15.0. The predicted molar refractivity (Wildman–Crippen MR) is 122 cm³/mol. The molecule has 5 heteroatoms. The molecule has 5 nitrogen and oxygen atoms in total. The first-order valence-electron chi connectivity index (χ1n) is 11.5. The summed E-state index contributed by atoms with van der Waals surface area (Å²) in [6.07, 6.45) is 8.32. The van der Waals surface area contributed by atoms with E-state index in [9.17, 15) is 9.59 Å². The quantitative estimate of drug-likeness (QED) is 0.754. The van der Waals surface area contributed by atoms with E-state index in [1.54, 1.807) is 25.2 Å². The number of likely N-dealkylation sites (N-methyl/N-ethyl adjacent to an activating group) is 1. The van der Waals surface area contributed by atoms with Crippen LogP contribution in [0.1, 0.15) is 56.2 Å². The van der Waals surface area contributed by atoms with Gasteiger partial charge < -0.3 is 9.80 Å². The van der Waals surface area contributed by atoms with Crippen molar-refractivity contribution in [2.24, 2.45) is 0 Å². The van der Waals surface area contributed by atoms with Crippen LogP contribution >= 0.6 is 0 Å². The normalized spacial score (nSPS) is 23.2. The minimum Gasteiger partial charge on any atom is -0.348 e. The van der Waals surface area contributed by atoms with Crippen LogP contribution in [0.2, 0.25) is 0 Å². The molecule has 2 aromatic rings. The molecule has 31 heavy (non-hydrogen) atoms. The van der Waals surface area contributed by atoms with E-state index in [2.05, 4.69) is 17.1 Å². The van der Waals surface area contributed by atoms with Crippen LogP contribution in [-0.2, 0) is 20.4 Å². The highest BCUT2D eigenvalue weighted by molar-refractivity contribution is 5.92. The van der Waals surface area contributed by atoms with Crippen molar-refractivity contribution in [3.63, 3.8) is 0 Å². The van der Waals surface area contributed by atoms with E-state index >= 15 is 0 Å². The molecule has 0 N–H and O–H groups in total. The van der Waals surface area contributed by atoms with Crippen molar-refractivity contribution in [1.29, 1.82) is 0 Å². The van der Waals surface area contributed by atoms with Crippen molar-refractivity contribution in [2.75, 3.05) is 27.2 Å². The summed E-state index contributed by atoms with van der Waals surface area (Å²) in [4.78, 5) is 35.8. The largest absolute Gasteiger partial charge is 0.348 e. The molecule has 2 fully saturated rings. The topological polar surface area (TPSA) is 53.5 Å². The van der Waals surface area contributed by atoms with Gasteiger partial charge in [0.15, 0.2) is 0 Å². The Labute approximate surface area is 185 Å². The number of pyridine rings is 1. The summed E-state index contributed by atoms with van der Waals surface area (Å²) in [6, 6.07) is 16.0. The summed E-state index contributed by atoms with van der Waals surface area (Å²) in [5, 5.41) is 0. The lowest BCUT2D eigenvalue weighted by molar-refractivity contribution is -0.146. The predicted octanol–water partition coefficient (Wildman–Crippen LogP) is 3.93. The molecular formula is C26H33N3O2. The summed E-state index contributed by atoms with van der Waals surface area (Å²) in [7, 11) is 3.58. The first-order valence-corrected chi connectivity index (χ1v) is 11.5. The molecule has 1 saturated heterocycles. The third-order valence-corrected chi connectivity index (χ3v) is 7.19. The second-order valence-corrected chi connectivity index (χ2v) is 9.34. The van der Waals surface area contributed by atoms with Gasteiger partial charge in [0.1, 0.15) is 5.41 Å². The molecule has 0 unspecified atom stereocenters. The highest BCUT2D eigenvalue weighted by Crippen LogP contribution is 2.43. The minimum atomic E-state index is -0.786. The maximum Gasteiger partial charge on any atom is 0.236 e. The molecule has 1 aromatic carbocycles. The number of rotatable bonds is 4. The Kier molecular flexibility index (Phi) is 6.12. The number of carbonyl (C=O) groups excluding carboxylic acids is 2. The van der Waals surface area contributed by atoms with Crippen molar-refractivity contribution in [3.05, 3.63) is 66.0 Å². The Morgan fingerprint density at radius 3 is 2.19 bits per heavy atom. The van der Waals surface area contributed by atoms with Crippen molar-refractivity contribution in [3.8, 4) is 0 Å². The summed E-state index contributed by atoms with van der Waals surface area (Å²) >= 11 is 0. The summed E-state index contributed by atoms with van der Waals surface area (Å²) in [5.74, 6) is 0.214. The summed E-state index contributed by atoms with van der Waals surface area (Å²) < 4.78 is 0. The van der Waals surface area contributed by atoms with E-state index in [0.29, 0.717) is 19.5 Å². The average molecular weight is 420 g/mol. The van der Waals surface area contributed by atoms with Gasteiger partial charge in [-0.25, -0.2) is 0 Å². The molecule has 2 amide bonds. The zero-order valence-corrected chi connectivity index (χ0v) is 18.7. The first kappa shape index (κ1) is 21.5. The fraction of sp³-hybridized carbons (Fsp3) is 0.500. The van der Waals surface area contributed by atoms with Crippen LogP contribution in [-0.4, -0.2) is 53.8 Å². The lowest BCUT2D eigenvalue weighted by Gasteiger charge is -2.46. The van der Waals surface area contributed by atoms with Gasteiger partial charge >= 0.3 is 0 Å². The number of piperidine rings is 1. The van der Waals surface area contributed by atoms with Crippen molar-refractivity contribution >= 4 is 11.8 Å². The smallest absolute Gasteiger partial charge is 0.236 e.